The van der Waals surface area contributed by atoms with Crippen LogP contribution in [0.15, 0.2) is 138 Å². The van der Waals surface area contributed by atoms with E-state index in [1.54, 1.807) is 32.4 Å². The van der Waals surface area contributed by atoms with E-state index in [4.69, 9.17) is 57.4 Å². The van der Waals surface area contributed by atoms with E-state index in [9.17, 15) is 8.78 Å². The Balaban J connectivity index is 0.000000304. The van der Waals surface area contributed by atoms with Gasteiger partial charge in [0.15, 0.2) is 0 Å². The van der Waals surface area contributed by atoms with E-state index in [0.717, 1.165) is 37.3 Å². The van der Waals surface area contributed by atoms with Gasteiger partial charge in [-0.1, -0.05) is 134 Å². The van der Waals surface area contributed by atoms with Crippen LogP contribution < -0.4 is 76.5 Å². The molecule has 0 saturated heterocycles. The van der Waals surface area contributed by atoms with Gasteiger partial charge in [0.05, 0.1) is 28.7 Å². The molecule has 18 heteroatoms. The summed E-state index contributed by atoms with van der Waals surface area (Å²) in [6.45, 7) is 0. The Hall–Kier alpha value is 0.194. The predicted octanol–water partition coefficient (Wildman–Crippen LogP) is 6.56. The molecular formula is C43H34BBrCl2F2K3O8P. The van der Waals surface area contributed by atoms with E-state index in [-0.39, 0.29) is 74.3 Å². The monoisotopic (exact) mass is 1020 g/mol. The average Bonchev–Trinajstić information content (AvgIpc) is 3.26. The fourth-order valence-electron chi connectivity index (χ4n) is 6.12. The van der Waals surface area contributed by atoms with Crippen LogP contribution in [0.1, 0.15) is 7.43 Å². The van der Waals surface area contributed by atoms with E-state index in [1.807, 2.05) is 42.5 Å². The molecule has 61 heavy (non-hydrogen) atoms. The first-order chi connectivity index (χ1) is 28.4. The maximum absolute atomic E-state index is 14.7. The van der Waals surface area contributed by atoms with Gasteiger partial charge in [-0.25, -0.2) is 13.5 Å². The van der Waals surface area contributed by atoms with Gasteiger partial charge in [-0.3, -0.25) is 0 Å². The van der Waals surface area contributed by atoms with E-state index < -0.39 is 27.0 Å². The van der Waals surface area contributed by atoms with Gasteiger partial charge in [0.1, 0.15) is 23.1 Å². The van der Waals surface area contributed by atoms with Crippen LogP contribution in [0.5, 0.6) is 11.5 Å². The second-order valence-corrected chi connectivity index (χ2v) is 14.1. The molecule has 8 aromatic rings. The topological polar surface area (TPSA) is 131 Å². The quantitative estimate of drug-likeness (QED) is 0.0653. The third-order valence-corrected chi connectivity index (χ3v) is 10.2. The summed E-state index contributed by atoms with van der Waals surface area (Å²) >= 11 is 17.5. The molecule has 0 heterocycles. The van der Waals surface area contributed by atoms with Crippen molar-refractivity contribution in [3.05, 3.63) is 160 Å². The second kappa shape index (κ2) is 29.1. The van der Waals surface area contributed by atoms with E-state index in [2.05, 4.69) is 75.2 Å². The van der Waals surface area contributed by atoms with Crippen molar-refractivity contribution < 1.29 is 99.1 Å². The van der Waals surface area contributed by atoms with Crippen molar-refractivity contribution in [3.8, 4) is 22.6 Å². The number of halogens is 5. The Morgan fingerprint density at radius 3 is 1.57 bits per heavy atom. The molecule has 0 fully saturated rings. The number of benzene rings is 8. The zero-order valence-electron chi connectivity index (χ0n) is 33.0. The van der Waals surface area contributed by atoms with Gasteiger partial charge in [-0.05, 0) is 88.5 Å². The molecule has 0 aromatic heterocycles. The van der Waals surface area contributed by atoms with Crippen LogP contribution in [-0.4, -0.2) is 94.5 Å². The molecule has 0 spiro atoms. The molecule has 1 atom stereocenters. The molecule has 8 aromatic carbocycles. The zero-order valence-corrected chi connectivity index (χ0v) is 46.3. The summed E-state index contributed by atoms with van der Waals surface area (Å²) in [6, 6.07) is 42.0. The third-order valence-electron chi connectivity index (χ3n) is 8.69. The van der Waals surface area contributed by atoms with Gasteiger partial charge >= 0.3 is 130 Å². The maximum atomic E-state index is 14.7. The first kappa shape index (κ1) is 57.3. The predicted molar refractivity (Wildman–Crippen MR) is 242 cm³/mol. The molecule has 0 bridgehead atoms. The molecule has 1 unspecified atom stereocenters. The van der Waals surface area contributed by atoms with Gasteiger partial charge in [-0.15, -0.1) is 0 Å². The SMILES string of the molecule is C.COc1ccc2c(ccc3ccccc32)c1-c1cccc(Cl)c1F.COc1ccc2c(ccc3ccccc32)c1Br.O=[P+]([O-])O[O-].OB(O)c1cccc(Cl)c1F.[K+].[K][K]. The van der Waals surface area contributed by atoms with Crippen LogP contribution in [0.4, 0.5) is 8.78 Å². The summed E-state index contributed by atoms with van der Waals surface area (Å²) in [5.41, 5.74) is 0.957. The van der Waals surface area contributed by atoms with Crippen molar-refractivity contribution in [1.29, 1.82) is 0 Å². The molecule has 8 rings (SSSR count). The van der Waals surface area contributed by atoms with E-state index in [0.29, 0.717) is 11.3 Å². The number of fused-ring (bicyclic) bond motifs is 6. The summed E-state index contributed by atoms with van der Waals surface area (Å²) < 4.78 is 50.6. The number of methoxy groups -OCH3 is 2. The summed E-state index contributed by atoms with van der Waals surface area (Å²) in [6.07, 6.45) is 0. The zero-order chi connectivity index (χ0) is 43.2. The van der Waals surface area contributed by atoms with Crippen LogP contribution in [0, 0.1) is 11.6 Å². The summed E-state index contributed by atoms with van der Waals surface area (Å²) in [4.78, 5) is 8.87. The molecule has 2 N–H and O–H groups in total. The van der Waals surface area contributed by atoms with Gasteiger partial charge < -0.3 is 29.7 Å². The molecule has 300 valence electrons. The number of ether oxygens (including phenoxy) is 2. The molecule has 0 aliphatic rings. The second-order valence-electron chi connectivity index (χ2n) is 11.9. The number of rotatable bonds is 5. The number of hydrogen-bond donors (Lipinski definition) is 2. The molecular weight excluding hydrogens is 992 g/mol. The Morgan fingerprint density at radius 2 is 1.08 bits per heavy atom. The third kappa shape index (κ3) is 15.1. The van der Waals surface area contributed by atoms with Crippen LogP contribution in [0.2, 0.25) is 10.0 Å². The fourth-order valence-corrected chi connectivity index (χ4v) is 7.12. The van der Waals surface area contributed by atoms with Crippen molar-refractivity contribution in [2.24, 2.45) is 0 Å². The van der Waals surface area contributed by atoms with Gasteiger partial charge in [-0.2, -0.15) is 0 Å². The van der Waals surface area contributed by atoms with Crippen LogP contribution >= 0.6 is 47.4 Å². The molecule has 0 radical (unpaired) electrons. The standard InChI is InChI=1S/C21H14ClFO.C15H11BrO.C6H5BClFO2.CH4.3K.HO4P/c1-24-19-12-11-15-14-6-3-2-5-13(14)9-10-16(15)20(19)17-7-4-8-18(22)21(17)23;1-17-14-9-8-12-11-5-3-2-4-10(11)6-7-13(12)15(14)16;8-5-3-1-2-4(6(5)9)7(10)11;;;;;1-4-5(2)3/h2-12H,1H3;2-9H,1H3;1-3,10-11H;1H4;;;;1H/q;;;;;;+1;/p-1. The van der Waals surface area contributed by atoms with E-state index in [1.165, 1.54) is 103 Å². The van der Waals surface area contributed by atoms with Crippen molar-refractivity contribution in [3.63, 3.8) is 0 Å². The van der Waals surface area contributed by atoms with Crippen LogP contribution in [0.25, 0.3) is 54.2 Å². The minimum atomic E-state index is -3.15. The Morgan fingerprint density at radius 1 is 0.639 bits per heavy atom. The molecule has 0 amide bonds. The fraction of sp³-hybridized carbons (Fsp3) is 0.0698. The first-order valence-electron chi connectivity index (χ1n) is 17.7. The Kier molecular flexibility index (Phi) is 27.3. The molecule has 0 aliphatic heterocycles. The van der Waals surface area contributed by atoms with E-state index >= 15 is 0 Å². The van der Waals surface area contributed by atoms with Gasteiger partial charge in [0.2, 0.25) is 0 Å². The normalized spacial score (nSPS) is 10.2. The van der Waals surface area contributed by atoms with Crippen LogP contribution in [0.3, 0.4) is 0 Å². The molecule has 0 saturated carbocycles. The summed E-state index contributed by atoms with van der Waals surface area (Å²) in [5, 5.41) is 34.9. The Labute approximate surface area is 460 Å². The van der Waals surface area contributed by atoms with Gasteiger partial charge in [0, 0.05) is 22.0 Å². The number of hydrogen-bond acceptors (Lipinski definition) is 8. The molecule has 8 nitrogen and oxygen atoms in total. The first-order valence-corrected chi connectivity index (χ1v) is 36.4. The minimum absolute atomic E-state index is 0. The average molecular weight is 1030 g/mol. The summed E-state index contributed by atoms with van der Waals surface area (Å²) in [5.74, 6) is 0.272. The molecule has 0 aliphatic carbocycles. The Bertz CT molecular complexity index is 2730. The van der Waals surface area contributed by atoms with Crippen molar-refractivity contribution >= 4 is 166 Å². The van der Waals surface area contributed by atoms with Crippen LogP contribution in [-0.2, 0) is 9.24 Å². The van der Waals surface area contributed by atoms with Crippen molar-refractivity contribution in [2.75, 3.05) is 14.2 Å². The van der Waals surface area contributed by atoms with Gasteiger partial charge in [0.25, 0.3) is 0 Å². The summed E-state index contributed by atoms with van der Waals surface area (Å²) in [7, 11) is -1.69. The van der Waals surface area contributed by atoms with Crippen molar-refractivity contribution in [1.82, 2.24) is 0 Å². The van der Waals surface area contributed by atoms with Crippen molar-refractivity contribution in [2.45, 2.75) is 7.43 Å².